The van der Waals surface area contributed by atoms with E-state index in [0.717, 1.165) is 90.0 Å². The van der Waals surface area contributed by atoms with Gasteiger partial charge in [0.25, 0.3) is 0 Å². The van der Waals surface area contributed by atoms with Gasteiger partial charge in [0.05, 0.1) is 13.0 Å². The van der Waals surface area contributed by atoms with Gasteiger partial charge in [-0.15, -0.1) is 0 Å². The monoisotopic (exact) mass is 848 g/mol. The largest absolute Gasteiger partial charge is 0.466 e. The Hall–Kier alpha value is -2.23. The molecule has 0 aromatic heterocycles. The lowest BCUT2D eigenvalue weighted by molar-refractivity contribution is -0.161. The predicted octanol–water partition coefficient (Wildman–Crippen LogP) is 12.6. The Morgan fingerprint density at radius 3 is 1.72 bits per heavy atom. The van der Waals surface area contributed by atoms with Crippen LogP contribution in [0.15, 0.2) is 23.3 Å². The van der Waals surface area contributed by atoms with E-state index in [1.165, 1.54) is 11.1 Å². The van der Waals surface area contributed by atoms with E-state index in [1.807, 2.05) is 14.1 Å². The molecule has 0 amide bonds. The molecule has 1 aliphatic carbocycles. The Kier molecular flexibility index (Phi) is 28.6. The highest BCUT2D eigenvalue weighted by Gasteiger charge is 2.54. The molecule has 0 radical (unpaired) electrons. The van der Waals surface area contributed by atoms with E-state index < -0.39 is 6.29 Å². The minimum absolute atomic E-state index is 0.0854. The third-order valence-corrected chi connectivity index (χ3v) is 13.3. The molecule has 0 heterocycles. The molecule has 0 spiro atoms. The molecule has 0 saturated heterocycles. The number of hydrogen-bond donors (Lipinski definition) is 0. The highest BCUT2D eigenvalue weighted by molar-refractivity contribution is 5.70. The fourth-order valence-electron chi connectivity index (χ4n) is 7.83. The summed E-state index contributed by atoms with van der Waals surface area (Å²) in [5.74, 6) is 1.04. The molecule has 0 aliphatic heterocycles. The van der Waals surface area contributed by atoms with Crippen LogP contribution in [0.2, 0.25) is 0 Å². The van der Waals surface area contributed by atoms with Crippen LogP contribution in [-0.4, -0.2) is 81.8 Å². The first-order chi connectivity index (χ1) is 28.2. The quantitative estimate of drug-likeness (QED) is 0.0206. The van der Waals surface area contributed by atoms with Gasteiger partial charge in [0, 0.05) is 37.9 Å². The molecule has 9 nitrogen and oxygen atoms in total. The number of carbonyl (C=O) groups is 3. The number of hydrogen-bond acceptors (Lipinski definition) is 9. The van der Waals surface area contributed by atoms with Crippen molar-refractivity contribution in [3.8, 4) is 0 Å². The van der Waals surface area contributed by atoms with Gasteiger partial charge >= 0.3 is 17.9 Å². The summed E-state index contributed by atoms with van der Waals surface area (Å²) in [7, 11) is 4.00. The van der Waals surface area contributed by atoms with Crippen LogP contribution in [0, 0.1) is 28.6 Å². The lowest BCUT2D eigenvalue weighted by Gasteiger charge is -2.40. The standard InChI is InChI=1S/C51H93NO8/c1-39(2)22-18-24-41(5)32-36-57-49(58-37-33-42(6)25-19-23-40(3)4)31-30-46(53)56-35-17-15-14-16-26-44(59-47(54)29-21-34-52(12)13)27-20-28-48(55)60-45-38-43(7)50(8,9)51(45,10)11/h22-23,41-45,49H,14-21,24-38H2,1-13H3/t41?,42?,43-,44?,45+,49?/m0/s1. The number of carbonyl (C=O) groups excluding carboxylic acids is 3. The maximum atomic E-state index is 12.9. The number of esters is 3. The molecule has 1 fully saturated rings. The Labute approximate surface area is 368 Å². The zero-order chi connectivity index (χ0) is 45.1. The van der Waals surface area contributed by atoms with E-state index in [0.29, 0.717) is 69.7 Å². The van der Waals surface area contributed by atoms with Gasteiger partial charge in [0.1, 0.15) is 12.2 Å². The van der Waals surface area contributed by atoms with E-state index >= 15 is 0 Å². The van der Waals surface area contributed by atoms with Crippen LogP contribution in [-0.2, 0) is 38.1 Å². The summed E-state index contributed by atoms with van der Waals surface area (Å²) in [5.41, 5.74) is 2.71. The van der Waals surface area contributed by atoms with Crippen LogP contribution in [0.25, 0.3) is 0 Å². The molecule has 1 rings (SSSR count). The summed E-state index contributed by atoms with van der Waals surface area (Å²) in [6.07, 6.45) is 18.9. The van der Waals surface area contributed by atoms with Crippen molar-refractivity contribution in [1.29, 1.82) is 0 Å². The molecule has 1 saturated carbocycles. The number of rotatable bonds is 34. The van der Waals surface area contributed by atoms with Crippen LogP contribution < -0.4 is 0 Å². The highest BCUT2D eigenvalue weighted by atomic mass is 16.7. The Morgan fingerprint density at radius 2 is 1.18 bits per heavy atom. The van der Waals surface area contributed by atoms with Gasteiger partial charge < -0.3 is 28.6 Å². The van der Waals surface area contributed by atoms with Gasteiger partial charge in [0.2, 0.25) is 0 Å². The maximum Gasteiger partial charge on any atom is 0.306 e. The summed E-state index contributed by atoms with van der Waals surface area (Å²) >= 11 is 0. The first-order valence-electron chi connectivity index (χ1n) is 23.9. The average Bonchev–Trinajstić information content (AvgIpc) is 3.29. The second-order valence-electron chi connectivity index (χ2n) is 20.1. The third-order valence-electron chi connectivity index (χ3n) is 13.3. The fraction of sp³-hybridized carbons (Fsp3) is 0.863. The van der Waals surface area contributed by atoms with Crippen molar-refractivity contribution in [2.45, 2.75) is 217 Å². The van der Waals surface area contributed by atoms with Crippen molar-refractivity contribution in [1.82, 2.24) is 4.90 Å². The molecule has 0 N–H and O–H groups in total. The van der Waals surface area contributed by atoms with Gasteiger partial charge in [-0.25, -0.2) is 0 Å². The summed E-state index contributed by atoms with van der Waals surface area (Å²) in [5, 5.41) is 0. The molecule has 0 aromatic rings. The van der Waals surface area contributed by atoms with Crippen LogP contribution in [0.3, 0.4) is 0 Å². The first-order valence-corrected chi connectivity index (χ1v) is 23.9. The van der Waals surface area contributed by atoms with Crippen molar-refractivity contribution in [2.24, 2.45) is 28.6 Å². The number of nitrogens with zero attached hydrogens (tertiary/aromatic N) is 1. The zero-order valence-electron chi connectivity index (χ0n) is 41.1. The Balaban J connectivity index is 2.52. The first kappa shape index (κ1) is 55.8. The predicted molar refractivity (Wildman–Crippen MR) is 247 cm³/mol. The number of ether oxygens (including phenoxy) is 5. The van der Waals surface area contributed by atoms with E-state index in [1.54, 1.807) is 0 Å². The lowest BCUT2D eigenvalue weighted by atomic mass is 9.67. The summed E-state index contributed by atoms with van der Waals surface area (Å²) < 4.78 is 30.0. The molecular weight excluding hydrogens is 755 g/mol. The normalized spacial score (nSPS) is 19.0. The fourth-order valence-corrected chi connectivity index (χ4v) is 7.83. The van der Waals surface area contributed by atoms with Crippen molar-refractivity contribution >= 4 is 17.9 Å². The summed E-state index contributed by atoms with van der Waals surface area (Å²) in [4.78, 5) is 40.5. The van der Waals surface area contributed by atoms with Crippen molar-refractivity contribution < 1.29 is 38.1 Å². The van der Waals surface area contributed by atoms with Crippen LogP contribution >= 0.6 is 0 Å². The average molecular weight is 848 g/mol. The highest BCUT2D eigenvalue weighted by Crippen LogP contribution is 2.56. The summed E-state index contributed by atoms with van der Waals surface area (Å²) in [6.45, 7) is 26.8. The third kappa shape index (κ3) is 25.0. The van der Waals surface area contributed by atoms with Crippen molar-refractivity contribution in [3.63, 3.8) is 0 Å². The number of allylic oxidation sites excluding steroid dienone is 4. The molecule has 350 valence electrons. The van der Waals surface area contributed by atoms with E-state index in [9.17, 15) is 14.4 Å². The molecular formula is C51H93NO8. The van der Waals surface area contributed by atoms with Gasteiger partial charge in [-0.05, 0) is 155 Å². The second-order valence-corrected chi connectivity index (χ2v) is 20.1. The molecule has 3 unspecified atom stereocenters. The lowest BCUT2D eigenvalue weighted by Crippen LogP contribution is -2.38. The SMILES string of the molecule is CC(C)=CCCC(C)CCOC(CCC(=O)OCCCCCCC(CCCC(=O)O[C@@H]1C[C@H](C)C(C)(C)C1(C)C)OC(=O)CCCN(C)C)OCCC(C)CCC=C(C)C. The van der Waals surface area contributed by atoms with Gasteiger partial charge in [-0.1, -0.05) is 84.6 Å². The topological polar surface area (TPSA) is 101 Å². The minimum Gasteiger partial charge on any atom is -0.466 e. The van der Waals surface area contributed by atoms with Crippen LogP contribution in [0.4, 0.5) is 0 Å². The van der Waals surface area contributed by atoms with Gasteiger partial charge in [-0.3, -0.25) is 14.4 Å². The van der Waals surface area contributed by atoms with E-state index in [4.69, 9.17) is 23.7 Å². The molecule has 0 bridgehead atoms. The van der Waals surface area contributed by atoms with Crippen LogP contribution in [0.1, 0.15) is 198 Å². The molecule has 9 heteroatoms. The second kappa shape index (κ2) is 30.8. The van der Waals surface area contributed by atoms with Crippen LogP contribution in [0.5, 0.6) is 0 Å². The Bertz CT molecular complexity index is 1210. The maximum absolute atomic E-state index is 12.9. The smallest absolute Gasteiger partial charge is 0.306 e. The van der Waals surface area contributed by atoms with Gasteiger partial charge in [-0.2, -0.15) is 0 Å². The molecule has 5 atom stereocenters. The van der Waals surface area contributed by atoms with Crippen molar-refractivity contribution in [2.75, 3.05) is 40.5 Å². The Morgan fingerprint density at radius 1 is 0.633 bits per heavy atom. The van der Waals surface area contributed by atoms with E-state index in [-0.39, 0.29) is 47.4 Å². The summed E-state index contributed by atoms with van der Waals surface area (Å²) in [6, 6.07) is 0. The van der Waals surface area contributed by atoms with Gasteiger partial charge in [0.15, 0.2) is 6.29 Å². The molecule has 0 aromatic carbocycles. The minimum atomic E-state index is -0.413. The van der Waals surface area contributed by atoms with Crippen molar-refractivity contribution in [3.05, 3.63) is 23.3 Å². The molecule has 1 aliphatic rings. The molecule has 60 heavy (non-hydrogen) atoms. The van der Waals surface area contributed by atoms with E-state index in [2.05, 4.69) is 93.2 Å². The zero-order valence-corrected chi connectivity index (χ0v) is 41.1. The number of unbranched alkanes of at least 4 members (excludes halogenated alkanes) is 3.